The first kappa shape index (κ1) is 25.7. The van der Waals surface area contributed by atoms with E-state index < -0.39 is 29.9 Å². The molecule has 14 heteroatoms. The molecule has 2 aliphatic rings. The molecule has 1 aromatic heterocycles. The fourth-order valence-electron chi connectivity index (χ4n) is 3.98. The molecule has 3 heterocycles. The lowest BCUT2D eigenvalue weighted by Crippen LogP contribution is -2.46. The molecule has 0 spiro atoms. The van der Waals surface area contributed by atoms with Crippen LogP contribution in [0, 0.1) is 11.6 Å². The predicted octanol–water partition coefficient (Wildman–Crippen LogP) is 2.47. The van der Waals surface area contributed by atoms with E-state index in [1.54, 1.807) is 5.38 Å². The number of hydrogen-bond acceptors (Lipinski definition) is 9. The number of carbonyl (C=O) groups excluding carboxylic acids is 3. The average Bonchev–Trinajstić information content (AvgIpc) is 3.36. The number of nitrogens with zero attached hydrogens (tertiary/aromatic N) is 4. The highest BCUT2D eigenvalue weighted by atomic mass is 32.1. The van der Waals surface area contributed by atoms with Gasteiger partial charge in [-0.25, -0.2) is 28.8 Å². The Kier molecular flexibility index (Phi) is 7.96. The van der Waals surface area contributed by atoms with Crippen LogP contribution < -0.4 is 20.5 Å². The normalized spacial score (nSPS) is 18.3. The van der Waals surface area contributed by atoms with Gasteiger partial charge >= 0.3 is 12.1 Å². The molecule has 1 atom stereocenters. The molecule has 0 unspecified atom stereocenters. The van der Waals surface area contributed by atoms with Crippen molar-refractivity contribution >= 4 is 45.8 Å². The summed E-state index contributed by atoms with van der Waals surface area (Å²) in [5.41, 5.74) is 3.13. The van der Waals surface area contributed by atoms with Crippen LogP contribution in [0.1, 0.15) is 25.5 Å². The number of cyclic esters (lactones) is 1. The standard InChI is InChI=1S/C22H26F2N6O5S/c1-13(32)2-3-16-10-29(22(34)35-16)15-8-17(23)19(18(24)9-15)28-5-4-25-30(7-6-28)21(33)27-20-26-14(11-31)12-36-20/h8-9,12,16,25,31H,2-7,10-11H2,1H3,(H,26,27,33)/t16-/m0/s1. The van der Waals surface area contributed by atoms with Crippen LogP contribution in [0.25, 0.3) is 0 Å². The van der Waals surface area contributed by atoms with Crippen molar-refractivity contribution in [1.29, 1.82) is 0 Å². The van der Waals surface area contributed by atoms with Gasteiger partial charge in [0.1, 0.15) is 17.6 Å². The molecule has 36 heavy (non-hydrogen) atoms. The van der Waals surface area contributed by atoms with E-state index in [1.807, 2.05) is 0 Å². The van der Waals surface area contributed by atoms with Gasteiger partial charge in [0.2, 0.25) is 0 Å². The summed E-state index contributed by atoms with van der Waals surface area (Å²) in [6.07, 6.45) is -0.655. The predicted molar refractivity (Wildman–Crippen MR) is 128 cm³/mol. The number of Topliss-reactive ketones (excluding diaryl/α,β-unsaturated/α-hetero) is 1. The highest BCUT2D eigenvalue weighted by Gasteiger charge is 2.34. The summed E-state index contributed by atoms with van der Waals surface area (Å²) in [6, 6.07) is 1.67. The molecule has 1 aromatic carbocycles. The van der Waals surface area contributed by atoms with Gasteiger partial charge in [-0.3, -0.25) is 15.2 Å². The summed E-state index contributed by atoms with van der Waals surface area (Å²) in [4.78, 5) is 42.7. The monoisotopic (exact) mass is 524 g/mol. The third-order valence-corrected chi connectivity index (χ3v) is 6.58. The van der Waals surface area contributed by atoms with Crippen molar-refractivity contribution in [3.05, 3.63) is 34.8 Å². The van der Waals surface area contributed by atoms with Gasteiger partial charge in [-0.05, 0) is 13.3 Å². The summed E-state index contributed by atoms with van der Waals surface area (Å²) in [7, 11) is 0. The molecule has 4 rings (SSSR count). The number of carbonyl (C=O) groups is 3. The first-order valence-electron chi connectivity index (χ1n) is 11.3. The first-order chi connectivity index (χ1) is 17.2. The molecule has 194 valence electrons. The van der Waals surface area contributed by atoms with E-state index in [-0.39, 0.29) is 62.9 Å². The molecule has 2 saturated heterocycles. The van der Waals surface area contributed by atoms with Crippen molar-refractivity contribution in [1.82, 2.24) is 15.4 Å². The number of ether oxygens (including phenoxy) is 1. The molecular weight excluding hydrogens is 498 g/mol. The largest absolute Gasteiger partial charge is 0.444 e. The number of rotatable bonds is 7. The van der Waals surface area contributed by atoms with Crippen LogP contribution >= 0.6 is 11.3 Å². The number of hydrazine groups is 1. The van der Waals surface area contributed by atoms with E-state index in [4.69, 9.17) is 9.84 Å². The number of ketones is 1. The molecule has 11 nitrogen and oxygen atoms in total. The van der Waals surface area contributed by atoms with Crippen molar-refractivity contribution in [3.63, 3.8) is 0 Å². The number of urea groups is 1. The maximum Gasteiger partial charge on any atom is 0.414 e. The Morgan fingerprint density at radius 3 is 2.69 bits per heavy atom. The Hall–Kier alpha value is -3.36. The van der Waals surface area contributed by atoms with Crippen LogP contribution in [0.4, 0.5) is 34.9 Å². The second-order valence-electron chi connectivity index (χ2n) is 8.39. The highest BCUT2D eigenvalue weighted by Crippen LogP contribution is 2.31. The van der Waals surface area contributed by atoms with Crippen molar-refractivity contribution in [2.75, 3.05) is 47.8 Å². The molecule has 0 aliphatic carbocycles. The van der Waals surface area contributed by atoms with E-state index in [9.17, 15) is 14.4 Å². The summed E-state index contributed by atoms with van der Waals surface area (Å²) in [5, 5.41) is 15.0. The van der Waals surface area contributed by atoms with Gasteiger partial charge in [0.05, 0.1) is 31.1 Å². The Morgan fingerprint density at radius 1 is 1.28 bits per heavy atom. The SMILES string of the molecule is CC(=O)CC[C@H]1CN(c2cc(F)c(N3CCNN(C(=O)Nc4nc(CO)cs4)CC3)c(F)c2)C(=O)O1. The number of aromatic nitrogens is 1. The van der Waals surface area contributed by atoms with E-state index in [0.717, 1.165) is 17.0 Å². The number of benzene rings is 1. The lowest BCUT2D eigenvalue weighted by molar-refractivity contribution is -0.117. The Balaban J connectivity index is 1.40. The number of aliphatic hydroxyl groups excluding tert-OH is 1. The number of thiazole rings is 1. The number of amides is 3. The third-order valence-electron chi connectivity index (χ3n) is 5.77. The first-order valence-corrected chi connectivity index (χ1v) is 12.2. The number of hydrogen-bond donors (Lipinski definition) is 3. The van der Waals surface area contributed by atoms with Crippen LogP contribution in [0.2, 0.25) is 0 Å². The second-order valence-corrected chi connectivity index (χ2v) is 9.25. The van der Waals surface area contributed by atoms with Crippen LogP contribution in [0.3, 0.4) is 0 Å². The Bertz CT molecular complexity index is 1120. The average molecular weight is 525 g/mol. The van der Waals surface area contributed by atoms with Crippen LogP contribution in [0.15, 0.2) is 17.5 Å². The minimum Gasteiger partial charge on any atom is -0.444 e. The van der Waals surface area contributed by atoms with Gasteiger partial charge in [-0.2, -0.15) is 0 Å². The van der Waals surface area contributed by atoms with Gasteiger partial charge in [-0.1, -0.05) is 0 Å². The molecule has 0 radical (unpaired) electrons. The Labute approximate surface area is 209 Å². The Morgan fingerprint density at radius 2 is 2.03 bits per heavy atom. The molecule has 0 saturated carbocycles. The zero-order valence-corrected chi connectivity index (χ0v) is 20.3. The zero-order chi connectivity index (χ0) is 25.8. The van der Waals surface area contributed by atoms with Gasteiger partial charge in [0, 0.05) is 43.6 Å². The van der Waals surface area contributed by atoms with Crippen LogP contribution in [-0.2, 0) is 16.1 Å². The number of nitrogens with one attached hydrogen (secondary N) is 2. The fraction of sp³-hybridized carbons (Fsp3) is 0.455. The van der Waals surface area contributed by atoms with Crippen molar-refractivity contribution in [2.45, 2.75) is 32.5 Å². The summed E-state index contributed by atoms with van der Waals surface area (Å²) in [6.45, 7) is 2.04. The highest BCUT2D eigenvalue weighted by molar-refractivity contribution is 7.13. The van der Waals surface area contributed by atoms with E-state index in [1.165, 1.54) is 28.2 Å². The lowest BCUT2D eigenvalue weighted by atomic mass is 10.1. The lowest BCUT2D eigenvalue weighted by Gasteiger charge is -2.25. The molecular formula is C22H26F2N6O5S. The third kappa shape index (κ3) is 5.88. The molecule has 2 aromatic rings. The number of anilines is 3. The molecule has 2 aliphatic heterocycles. The molecule has 2 fully saturated rings. The number of halogens is 2. The minimum absolute atomic E-state index is 0.0312. The number of aliphatic hydroxyl groups is 1. The summed E-state index contributed by atoms with van der Waals surface area (Å²) < 4.78 is 35.4. The maximum atomic E-state index is 15.1. The topological polar surface area (TPSA) is 127 Å². The van der Waals surface area contributed by atoms with Gasteiger partial charge < -0.3 is 19.5 Å². The van der Waals surface area contributed by atoms with Crippen molar-refractivity contribution in [3.8, 4) is 0 Å². The van der Waals surface area contributed by atoms with Crippen LogP contribution in [-0.4, -0.2) is 71.8 Å². The quantitative estimate of drug-likeness (QED) is 0.504. The molecule has 3 N–H and O–H groups in total. The van der Waals surface area contributed by atoms with Gasteiger partial charge in [0.25, 0.3) is 0 Å². The minimum atomic E-state index is -0.845. The fourth-order valence-corrected chi connectivity index (χ4v) is 4.67. The smallest absolute Gasteiger partial charge is 0.414 e. The van der Waals surface area contributed by atoms with Crippen molar-refractivity contribution < 1.29 is 33.0 Å². The van der Waals surface area contributed by atoms with E-state index in [0.29, 0.717) is 17.2 Å². The van der Waals surface area contributed by atoms with E-state index >= 15 is 8.78 Å². The summed E-state index contributed by atoms with van der Waals surface area (Å²) >= 11 is 1.17. The van der Waals surface area contributed by atoms with Gasteiger partial charge in [-0.15, -0.1) is 11.3 Å². The van der Waals surface area contributed by atoms with Crippen molar-refractivity contribution in [2.24, 2.45) is 0 Å². The molecule has 0 bridgehead atoms. The molecule has 3 amide bonds. The maximum absolute atomic E-state index is 15.1. The second kappa shape index (κ2) is 11.1. The van der Waals surface area contributed by atoms with E-state index in [2.05, 4.69) is 15.7 Å². The zero-order valence-electron chi connectivity index (χ0n) is 19.5. The summed E-state index contributed by atoms with van der Waals surface area (Å²) in [5.74, 6) is -1.72. The van der Waals surface area contributed by atoms with Gasteiger partial charge in [0.15, 0.2) is 16.8 Å². The van der Waals surface area contributed by atoms with Crippen LogP contribution in [0.5, 0.6) is 0 Å².